The summed E-state index contributed by atoms with van der Waals surface area (Å²) in [7, 11) is 0. The number of hydrogen-bond donors (Lipinski definition) is 0. The van der Waals surface area contributed by atoms with Gasteiger partial charge in [0.25, 0.3) is 0 Å². The molecular weight excluding hydrogens is 246 g/mol. The lowest BCUT2D eigenvalue weighted by molar-refractivity contribution is -0.127. The van der Waals surface area contributed by atoms with Crippen molar-refractivity contribution in [3.8, 4) is 0 Å². The number of pyridine rings is 1. The highest BCUT2D eigenvalue weighted by molar-refractivity contribution is 5.81. The zero-order chi connectivity index (χ0) is 14.5. The molecule has 1 aromatic rings. The molecule has 2 rings (SSSR count). The average Bonchev–Trinajstić information content (AvgIpc) is 2.45. The van der Waals surface area contributed by atoms with Crippen LogP contribution in [0.5, 0.6) is 0 Å². The molecule has 1 aliphatic carbocycles. The molecule has 0 saturated heterocycles. The summed E-state index contributed by atoms with van der Waals surface area (Å²) in [5, 5.41) is 0. The van der Waals surface area contributed by atoms with Gasteiger partial charge in [0.2, 0.25) is 0 Å². The second-order valence-electron chi connectivity index (χ2n) is 6.72. The third kappa shape index (κ3) is 3.91. The SMILES string of the molecule is CC1CCC(C(C)C)C(C(=O)CCc2ccccn2)C1. The maximum Gasteiger partial charge on any atom is 0.136 e. The molecule has 0 amide bonds. The molecule has 20 heavy (non-hydrogen) atoms. The Hall–Kier alpha value is -1.18. The van der Waals surface area contributed by atoms with Gasteiger partial charge in [-0.05, 0) is 49.1 Å². The lowest BCUT2D eigenvalue weighted by Crippen LogP contribution is -2.33. The van der Waals surface area contributed by atoms with E-state index in [2.05, 4.69) is 25.8 Å². The first-order chi connectivity index (χ1) is 9.58. The fourth-order valence-electron chi connectivity index (χ4n) is 3.56. The van der Waals surface area contributed by atoms with Crippen LogP contribution >= 0.6 is 0 Å². The van der Waals surface area contributed by atoms with Crippen molar-refractivity contribution in [3.05, 3.63) is 30.1 Å². The molecule has 1 saturated carbocycles. The van der Waals surface area contributed by atoms with Crippen molar-refractivity contribution in [3.63, 3.8) is 0 Å². The quantitative estimate of drug-likeness (QED) is 0.801. The monoisotopic (exact) mass is 273 g/mol. The minimum atomic E-state index is 0.280. The van der Waals surface area contributed by atoms with Crippen LogP contribution < -0.4 is 0 Å². The van der Waals surface area contributed by atoms with E-state index in [-0.39, 0.29) is 5.92 Å². The molecule has 1 aliphatic rings. The van der Waals surface area contributed by atoms with Gasteiger partial charge in [0.1, 0.15) is 5.78 Å². The molecule has 2 heteroatoms. The molecule has 1 aromatic heterocycles. The van der Waals surface area contributed by atoms with Gasteiger partial charge >= 0.3 is 0 Å². The predicted molar refractivity (Wildman–Crippen MR) is 82.4 cm³/mol. The van der Waals surface area contributed by atoms with E-state index in [4.69, 9.17) is 0 Å². The minimum absolute atomic E-state index is 0.280. The lowest BCUT2D eigenvalue weighted by atomic mass is 9.68. The van der Waals surface area contributed by atoms with Gasteiger partial charge in [0.05, 0.1) is 0 Å². The van der Waals surface area contributed by atoms with Gasteiger partial charge in [-0.3, -0.25) is 9.78 Å². The van der Waals surface area contributed by atoms with Crippen LogP contribution in [0.15, 0.2) is 24.4 Å². The second-order valence-corrected chi connectivity index (χ2v) is 6.72. The van der Waals surface area contributed by atoms with Gasteiger partial charge in [-0.25, -0.2) is 0 Å². The summed E-state index contributed by atoms with van der Waals surface area (Å²) in [5.74, 6) is 2.64. The minimum Gasteiger partial charge on any atom is -0.299 e. The van der Waals surface area contributed by atoms with E-state index < -0.39 is 0 Å². The highest BCUT2D eigenvalue weighted by atomic mass is 16.1. The molecule has 0 N–H and O–H groups in total. The van der Waals surface area contributed by atoms with Crippen molar-refractivity contribution in [1.29, 1.82) is 0 Å². The van der Waals surface area contributed by atoms with Crippen molar-refractivity contribution in [1.82, 2.24) is 4.98 Å². The van der Waals surface area contributed by atoms with Crippen LogP contribution in [0, 0.1) is 23.7 Å². The van der Waals surface area contributed by atoms with E-state index in [1.165, 1.54) is 12.8 Å². The van der Waals surface area contributed by atoms with Gasteiger partial charge in [0, 0.05) is 24.2 Å². The Morgan fingerprint density at radius 2 is 2.15 bits per heavy atom. The van der Waals surface area contributed by atoms with E-state index >= 15 is 0 Å². The summed E-state index contributed by atoms with van der Waals surface area (Å²) in [6.45, 7) is 6.81. The van der Waals surface area contributed by atoms with Gasteiger partial charge < -0.3 is 0 Å². The van der Waals surface area contributed by atoms with Crippen LogP contribution in [-0.2, 0) is 11.2 Å². The van der Waals surface area contributed by atoms with Crippen LogP contribution in [0.2, 0.25) is 0 Å². The van der Waals surface area contributed by atoms with E-state index in [1.807, 2.05) is 18.2 Å². The molecule has 0 bridgehead atoms. The molecular formula is C18H27NO. The smallest absolute Gasteiger partial charge is 0.136 e. The summed E-state index contributed by atoms with van der Waals surface area (Å²) in [4.78, 5) is 16.9. The van der Waals surface area contributed by atoms with Gasteiger partial charge in [0.15, 0.2) is 0 Å². The molecule has 0 aliphatic heterocycles. The second kappa shape index (κ2) is 7.01. The van der Waals surface area contributed by atoms with Crippen molar-refractivity contribution in [2.75, 3.05) is 0 Å². The Labute approximate surface area is 123 Å². The predicted octanol–water partition coefficient (Wildman–Crippen LogP) is 4.29. The van der Waals surface area contributed by atoms with Crippen LogP contribution in [0.3, 0.4) is 0 Å². The lowest BCUT2D eigenvalue weighted by Gasteiger charge is -2.36. The normalized spacial score (nSPS) is 26.7. The Kier molecular flexibility index (Phi) is 5.33. The Balaban J connectivity index is 1.95. The largest absolute Gasteiger partial charge is 0.299 e. The van der Waals surface area contributed by atoms with E-state index in [9.17, 15) is 4.79 Å². The first kappa shape index (κ1) is 15.2. The molecule has 110 valence electrons. The molecule has 0 radical (unpaired) electrons. The third-order valence-corrected chi connectivity index (χ3v) is 4.79. The number of ketones is 1. The highest BCUT2D eigenvalue weighted by Crippen LogP contribution is 2.39. The van der Waals surface area contributed by atoms with Crippen LogP contribution in [0.1, 0.15) is 52.1 Å². The zero-order valence-corrected chi connectivity index (χ0v) is 13.0. The van der Waals surface area contributed by atoms with E-state index in [1.54, 1.807) is 6.20 Å². The third-order valence-electron chi connectivity index (χ3n) is 4.79. The summed E-state index contributed by atoms with van der Waals surface area (Å²) in [5.41, 5.74) is 1.03. The number of carbonyl (C=O) groups is 1. The number of aryl methyl sites for hydroxylation is 1. The molecule has 0 spiro atoms. The van der Waals surface area contributed by atoms with E-state index in [0.717, 1.165) is 18.5 Å². The summed E-state index contributed by atoms with van der Waals surface area (Å²) in [6, 6.07) is 5.92. The first-order valence-corrected chi connectivity index (χ1v) is 8.00. The Bertz CT molecular complexity index is 426. The molecule has 0 aromatic carbocycles. The van der Waals surface area contributed by atoms with Crippen molar-refractivity contribution >= 4 is 5.78 Å². The number of Topliss-reactive ketones (excluding diaryl/α,β-unsaturated/α-hetero) is 1. The maximum absolute atomic E-state index is 12.6. The molecule has 1 heterocycles. The Morgan fingerprint density at radius 3 is 2.80 bits per heavy atom. The molecule has 3 atom stereocenters. The number of carbonyl (C=O) groups excluding carboxylic acids is 1. The van der Waals surface area contributed by atoms with Crippen molar-refractivity contribution < 1.29 is 4.79 Å². The fourth-order valence-corrected chi connectivity index (χ4v) is 3.56. The van der Waals surface area contributed by atoms with Crippen LogP contribution in [0.4, 0.5) is 0 Å². The van der Waals surface area contributed by atoms with Crippen LogP contribution in [0.25, 0.3) is 0 Å². The molecule has 1 fully saturated rings. The van der Waals surface area contributed by atoms with Crippen molar-refractivity contribution in [2.45, 2.75) is 52.9 Å². The number of hydrogen-bond acceptors (Lipinski definition) is 2. The molecule has 2 nitrogen and oxygen atoms in total. The summed E-state index contributed by atoms with van der Waals surface area (Å²) in [6.07, 6.45) is 6.84. The van der Waals surface area contributed by atoms with Gasteiger partial charge in [-0.2, -0.15) is 0 Å². The van der Waals surface area contributed by atoms with Gasteiger partial charge in [-0.15, -0.1) is 0 Å². The van der Waals surface area contributed by atoms with Crippen molar-refractivity contribution in [2.24, 2.45) is 23.7 Å². The topological polar surface area (TPSA) is 30.0 Å². The van der Waals surface area contributed by atoms with Gasteiger partial charge in [-0.1, -0.05) is 33.3 Å². The summed E-state index contributed by atoms with van der Waals surface area (Å²) < 4.78 is 0. The highest BCUT2D eigenvalue weighted by Gasteiger charge is 2.34. The fraction of sp³-hybridized carbons (Fsp3) is 0.667. The number of aromatic nitrogens is 1. The zero-order valence-electron chi connectivity index (χ0n) is 13.0. The van der Waals surface area contributed by atoms with E-state index in [0.29, 0.717) is 30.0 Å². The average molecular weight is 273 g/mol. The Morgan fingerprint density at radius 1 is 1.35 bits per heavy atom. The number of rotatable bonds is 5. The van der Waals surface area contributed by atoms with Crippen LogP contribution in [-0.4, -0.2) is 10.8 Å². The summed E-state index contributed by atoms with van der Waals surface area (Å²) >= 11 is 0. The standard InChI is InChI=1S/C18H27NO/c1-13(2)16-9-7-14(3)12-17(16)18(20)10-8-15-6-4-5-11-19-15/h4-6,11,13-14,16-17H,7-10,12H2,1-3H3. The molecule has 3 unspecified atom stereocenters. The number of nitrogens with zero attached hydrogens (tertiary/aromatic N) is 1. The first-order valence-electron chi connectivity index (χ1n) is 8.00. The maximum atomic E-state index is 12.6.